The van der Waals surface area contributed by atoms with Gasteiger partial charge in [-0.05, 0) is 50.6 Å². The van der Waals surface area contributed by atoms with Gasteiger partial charge in [-0.3, -0.25) is 0 Å². The zero-order valence-corrected chi connectivity index (χ0v) is 10.9. The van der Waals surface area contributed by atoms with Crippen LogP contribution in [-0.2, 0) is 0 Å². The zero-order valence-electron chi connectivity index (χ0n) is 10.1. The van der Waals surface area contributed by atoms with Crippen LogP contribution < -0.4 is 10.1 Å². The highest BCUT2D eigenvalue weighted by atomic mass is 35.5. The van der Waals surface area contributed by atoms with E-state index in [0.29, 0.717) is 17.4 Å². The largest absolute Gasteiger partial charge is 0.492 e. The van der Waals surface area contributed by atoms with Crippen molar-refractivity contribution >= 4 is 11.6 Å². The van der Waals surface area contributed by atoms with E-state index in [0.717, 1.165) is 32.4 Å². The summed E-state index contributed by atoms with van der Waals surface area (Å²) >= 11 is 5.83. The van der Waals surface area contributed by atoms with Crippen LogP contribution in [0, 0.1) is 5.82 Å². The molecule has 0 unspecified atom stereocenters. The molecule has 1 N–H and O–H groups in total. The topological polar surface area (TPSA) is 21.3 Å². The van der Waals surface area contributed by atoms with Crippen molar-refractivity contribution in [3.63, 3.8) is 0 Å². The number of halogens is 2. The lowest BCUT2D eigenvalue weighted by molar-refractivity contribution is 0.305. The molecule has 1 aromatic carbocycles. The number of rotatable bonds is 8. The molecule has 0 aliphatic heterocycles. The summed E-state index contributed by atoms with van der Waals surface area (Å²) in [6.07, 6.45) is 3.19. The second-order valence-corrected chi connectivity index (χ2v) is 4.29. The fourth-order valence-electron chi connectivity index (χ4n) is 1.43. The molecule has 0 radical (unpaired) electrons. The van der Waals surface area contributed by atoms with Crippen LogP contribution in [-0.4, -0.2) is 19.7 Å². The summed E-state index contributed by atoms with van der Waals surface area (Å²) in [5.41, 5.74) is 0. The predicted molar refractivity (Wildman–Crippen MR) is 69.3 cm³/mol. The lowest BCUT2D eigenvalue weighted by Gasteiger charge is -2.08. The molecule has 4 heteroatoms. The smallest absolute Gasteiger partial charge is 0.138 e. The molecule has 0 aliphatic rings. The third kappa shape index (κ3) is 5.89. The molecule has 0 aromatic heterocycles. The Kier molecular flexibility index (Phi) is 6.97. The second-order valence-electron chi connectivity index (χ2n) is 3.88. The third-order valence-corrected chi connectivity index (χ3v) is 2.62. The van der Waals surface area contributed by atoms with Crippen LogP contribution in [0.1, 0.15) is 26.2 Å². The standard InChI is InChI=1S/C13H19ClFNO/c1-2-7-16-8-3-4-9-17-13-6-5-11(15)10-12(13)14/h5-6,10,16H,2-4,7-9H2,1H3. The minimum absolute atomic E-state index is 0.328. The first-order valence-electron chi connectivity index (χ1n) is 6.02. The first-order valence-corrected chi connectivity index (χ1v) is 6.40. The fraction of sp³-hybridized carbons (Fsp3) is 0.538. The maximum atomic E-state index is 12.8. The number of nitrogens with one attached hydrogen (secondary N) is 1. The Bertz CT molecular complexity index is 333. The number of ether oxygens (including phenoxy) is 1. The van der Waals surface area contributed by atoms with Crippen LogP contribution in [0.5, 0.6) is 5.75 Å². The van der Waals surface area contributed by atoms with E-state index in [2.05, 4.69) is 12.2 Å². The number of unbranched alkanes of at least 4 members (excludes halogenated alkanes) is 1. The van der Waals surface area contributed by atoms with E-state index in [-0.39, 0.29) is 5.82 Å². The van der Waals surface area contributed by atoms with Gasteiger partial charge in [-0.2, -0.15) is 0 Å². The highest BCUT2D eigenvalue weighted by Crippen LogP contribution is 2.24. The summed E-state index contributed by atoms with van der Waals surface area (Å²) in [6, 6.07) is 4.18. The van der Waals surface area contributed by atoms with Crippen molar-refractivity contribution in [1.82, 2.24) is 5.32 Å². The molecule has 0 heterocycles. The van der Waals surface area contributed by atoms with Gasteiger partial charge in [0.1, 0.15) is 11.6 Å². The number of benzene rings is 1. The average molecular weight is 260 g/mol. The molecule has 2 nitrogen and oxygen atoms in total. The molecule has 0 spiro atoms. The average Bonchev–Trinajstić information content (AvgIpc) is 2.30. The molecule has 0 amide bonds. The predicted octanol–water partition coefficient (Wildman–Crippen LogP) is 3.64. The maximum absolute atomic E-state index is 12.8. The molecular formula is C13H19ClFNO. The molecule has 96 valence electrons. The van der Waals surface area contributed by atoms with Gasteiger partial charge in [-0.25, -0.2) is 4.39 Å². The molecule has 0 fully saturated rings. The van der Waals surface area contributed by atoms with Crippen molar-refractivity contribution in [1.29, 1.82) is 0 Å². The first-order chi connectivity index (χ1) is 8.24. The highest BCUT2D eigenvalue weighted by Gasteiger charge is 2.02. The summed E-state index contributed by atoms with van der Waals surface area (Å²) < 4.78 is 18.2. The van der Waals surface area contributed by atoms with Crippen molar-refractivity contribution in [3.8, 4) is 5.75 Å². The molecule has 0 bridgehead atoms. The van der Waals surface area contributed by atoms with Crippen molar-refractivity contribution < 1.29 is 9.13 Å². The quantitative estimate of drug-likeness (QED) is 0.720. The van der Waals surface area contributed by atoms with Gasteiger partial charge in [0.25, 0.3) is 0 Å². The monoisotopic (exact) mass is 259 g/mol. The second kappa shape index (κ2) is 8.31. The minimum atomic E-state index is -0.342. The lowest BCUT2D eigenvalue weighted by atomic mass is 10.3. The lowest BCUT2D eigenvalue weighted by Crippen LogP contribution is -2.16. The van der Waals surface area contributed by atoms with E-state index < -0.39 is 0 Å². The van der Waals surface area contributed by atoms with E-state index in [1.807, 2.05) is 0 Å². The zero-order chi connectivity index (χ0) is 12.5. The number of hydrogen-bond acceptors (Lipinski definition) is 2. The van der Waals surface area contributed by atoms with Crippen LogP contribution in [0.25, 0.3) is 0 Å². The summed E-state index contributed by atoms with van der Waals surface area (Å²) in [7, 11) is 0. The van der Waals surface area contributed by atoms with E-state index in [1.165, 1.54) is 12.1 Å². The molecule has 0 atom stereocenters. The van der Waals surface area contributed by atoms with Crippen molar-refractivity contribution in [2.75, 3.05) is 19.7 Å². The van der Waals surface area contributed by atoms with Gasteiger partial charge in [0.2, 0.25) is 0 Å². The SMILES string of the molecule is CCCNCCCCOc1ccc(F)cc1Cl. The van der Waals surface area contributed by atoms with Gasteiger partial charge in [0.15, 0.2) is 0 Å². The Hall–Kier alpha value is -0.800. The van der Waals surface area contributed by atoms with Gasteiger partial charge in [0, 0.05) is 0 Å². The third-order valence-electron chi connectivity index (χ3n) is 2.33. The van der Waals surface area contributed by atoms with E-state index >= 15 is 0 Å². The summed E-state index contributed by atoms with van der Waals surface area (Å²) in [5, 5.41) is 3.65. The highest BCUT2D eigenvalue weighted by molar-refractivity contribution is 6.32. The van der Waals surface area contributed by atoms with Gasteiger partial charge in [0.05, 0.1) is 11.6 Å². The van der Waals surface area contributed by atoms with E-state index in [9.17, 15) is 4.39 Å². The normalized spacial score (nSPS) is 10.5. The molecule has 17 heavy (non-hydrogen) atoms. The summed E-state index contributed by atoms with van der Waals surface area (Å²) in [4.78, 5) is 0. The van der Waals surface area contributed by atoms with Crippen LogP contribution in [0.2, 0.25) is 5.02 Å². The van der Waals surface area contributed by atoms with Crippen LogP contribution in [0.15, 0.2) is 18.2 Å². The fourth-order valence-corrected chi connectivity index (χ4v) is 1.65. The summed E-state index contributed by atoms with van der Waals surface area (Å²) in [6.45, 7) is 4.82. The first kappa shape index (κ1) is 14.3. The molecule has 0 aliphatic carbocycles. The Labute approximate surface area is 107 Å². The van der Waals surface area contributed by atoms with Crippen LogP contribution in [0.4, 0.5) is 4.39 Å². The van der Waals surface area contributed by atoms with E-state index in [4.69, 9.17) is 16.3 Å². The Morgan fingerprint density at radius 1 is 1.29 bits per heavy atom. The van der Waals surface area contributed by atoms with E-state index in [1.54, 1.807) is 6.07 Å². The molecule has 1 aromatic rings. The van der Waals surface area contributed by atoms with Crippen molar-refractivity contribution in [3.05, 3.63) is 29.0 Å². The van der Waals surface area contributed by atoms with Crippen molar-refractivity contribution in [2.24, 2.45) is 0 Å². The van der Waals surface area contributed by atoms with Gasteiger partial charge in [-0.15, -0.1) is 0 Å². The molecule has 0 saturated carbocycles. The Balaban J connectivity index is 2.14. The van der Waals surface area contributed by atoms with Crippen LogP contribution >= 0.6 is 11.6 Å². The van der Waals surface area contributed by atoms with Gasteiger partial charge in [-0.1, -0.05) is 18.5 Å². The van der Waals surface area contributed by atoms with Crippen molar-refractivity contribution in [2.45, 2.75) is 26.2 Å². The Morgan fingerprint density at radius 2 is 2.12 bits per heavy atom. The van der Waals surface area contributed by atoms with Gasteiger partial charge < -0.3 is 10.1 Å². The number of hydrogen-bond donors (Lipinski definition) is 1. The molecule has 1 rings (SSSR count). The van der Waals surface area contributed by atoms with Gasteiger partial charge >= 0.3 is 0 Å². The summed E-state index contributed by atoms with van der Waals surface area (Å²) in [5.74, 6) is 0.209. The minimum Gasteiger partial charge on any atom is -0.492 e. The Morgan fingerprint density at radius 3 is 2.82 bits per heavy atom. The van der Waals surface area contributed by atoms with Crippen LogP contribution in [0.3, 0.4) is 0 Å². The molecule has 0 saturated heterocycles. The maximum Gasteiger partial charge on any atom is 0.138 e. The molecular weight excluding hydrogens is 241 g/mol.